The summed E-state index contributed by atoms with van der Waals surface area (Å²) in [7, 11) is 1.87. The number of carbonyl (C=O) groups is 2. The van der Waals surface area contributed by atoms with Gasteiger partial charge in [0.25, 0.3) is 11.8 Å². The van der Waals surface area contributed by atoms with Crippen LogP contribution in [0, 0.1) is 0 Å². The quantitative estimate of drug-likeness (QED) is 0.540. The van der Waals surface area contributed by atoms with Crippen LogP contribution in [0.2, 0.25) is 0 Å². The summed E-state index contributed by atoms with van der Waals surface area (Å²) in [6, 6.07) is 10.6. The topological polar surface area (TPSA) is 62.6 Å². The molecule has 2 amide bonds. The second kappa shape index (κ2) is 8.54. The molecule has 0 heterocycles. The van der Waals surface area contributed by atoms with Crippen LogP contribution in [0.3, 0.4) is 0 Å². The van der Waals surface area contributed by atoms with E-state index < -0.39 is 0 Å². The Morgan fingerprint density at radius 3 is 2.50 bits per heavy atom. The van der Waals surface area contributed by atoms with Crippen LogP contribution in [0.1, 0.15) is 24.8 Å². The number of amides is 2. The first-order valence-electron chi connectivity index (χ1n) is 8.05. The molecule has 5 heteroatoms. The van der Waals surface area contributed by atoms with Crippen molar-refractivity contribution in [3.8, 4) is 0 Å². The fourth-order valence-electron chi connectivity index (χ4n) is 2.34. The van der Waals surface area contributed by atoms with Crippen LogP contribution in [0.4, 0.5) is 0 Å². The molecule has 0 aromatic heterocycles. The Hall–Kier alpha value is -1.88. The summed E-state index contributed by atoms with van der Waals surface area (Å²) in [4.78, 5) is 24.4. The Bertz CT molecular complexity index is 486. The normalized spacial score (nSPS) is 15.1. The van der Waals surface area contributed by atoms with Crippen LogP contribution in [0.25, 0.3) is 0 Å². The van der Waals surface area contributed by atoms with Crippen molar-refractivity contribution >= 4 is 11.8 Å². The van der Waals surface area contributed by atoms with E-state index in [9.17, 15) is 9.59 Å². The highest BCUT2D eigenvalue weighted by molar-refractivity contribution is 5.79. The van der Waals surface area contributed by atoms with Crippen LogP contribution < -0.4 is 15.5 Å². The van der Waals surface area contributed by atoms with Crippen LogP contribution in [-0.4, -0.2) is 44.5 Å². The number of rotatable bonds is 9. The van der Waals surface area contributed by atoms with Crippen molar-refractivity contribution in [2.45, 2.75) is 31.7 Å². The Morgan fingerprint density at radius 1 is 1.14 bits per heavy atom. The zero-order chi connectivity index (χ0) is 15.8. The van der Waals surface area contributed by atoms with Gasteiger partial charge in [0.05, 0.1) is 7.05 Å². The van der Waals surface area contributed by atoms with Crippen LogP contribution >= 0.6 is 0 Å². The molecule has 1 saturated carbocycles. The minimum atomic E-state index is 0.00443. The second-order valence-corrected chi connectivity index (χ2v) is 6.09. The third-order valence-corrected chi connectivity index (χ3v) is 3.67. The molecule has 1 aromatic carbocycles. The zero-order valence-electron chi connectivity index (χ0n) is 13.2. The lowest BCUT2D eigenvalue weighted by Crippen LogP contribution is -3.11. The number of benzene rings is 1. The Labute approximate surface area is 132 Å². The molecule has 3 N–H and O–H groups in total. The number of hydrogen-bond donors (Lipinski definition) is 3. The fraction of sp³-hybridized carbons (Fsp3) is 0.529. The van der Waals surface area contributed by atoms with E-state index in [-0.39, 0.29) is 11.8 Å². The van der Waals surface area contributed by atoms with Crippen molar-refractivity contribution in [3.63, 3.8) is 0 Å². The van der Waals surface area contributed by atoms with E-state index in [1.807, 2.05) is 25.2 Å². The Kier molecular flexibility index (Phi) is 6.40. The predicted octanol–water partition coefficient (Wildman–Crippen LogP) is -0.471. The summed E-state index contributed by atoms with van der Waals surface area (Å²) in [6.07, 6.45) is 4.07. The molecule has 5 nitrogen and oxygen atoms in total. The van der Waals surface area contributed by atoms with E-state index in [0.29, 0.717) is 25.7 Å². The molecule has 0 aliphatic heterocycles. The van der Waals surface area contributed by atoms with Crippen molar-refractivity contribution in [1.29, 1.82) is 0 Å². The summed E-state index contributed by atoms with van der Waals surface area (Å²) in [6.45, 7) is 1.37. The molecule has 1 unspecified atom stereocenters. The van der Waals surface area contributed by atoms with Crippen molar-refractivity contribution in [2.24, 2.45) is 0 Å². The van der Waals surface area contributed by atoms with Gasteiger partial charge in [-0.25, -0.2) is 0 Å². The number of nitrogens with one attached hydrogen (secondary N) is 3. The van der Waals surface area contributed by atoms with Crippen molar-refractivity contribution < 1.29 is 14.5 Å². The fourth-order valence-corrected chi connectivity index (χ4v) is 2.34. The first-order valence-corrected chi connectivity index (χ1v) is 8.05. The lowest BCUT2D eigenvalue weighted by Gasteiger charge is -2.13. The molecule has 1 aliphatic carbocycles. The summed E-state index contributed by atoms with van der Waals surface area (Å²) in [5.74, 6) is 0.0432. The van der Waals surface area contributed by atoms with Crippen LogP contribution in [-0.2, 0) is 16.0 Å². The predicted molar refractivity (Wildman–Crippen MR) is 85.6 cm³/mol. The molecule has 2 rings (SSSR count). The van der Waals surface area contributed by atoms with Crippen molar-refractivity contribution in [2.75, 3.05) is 26.7 Å². The first-order chi connectivity index (χ1) is 10.6. The maximum absolute atomic E-state index is 11.8. The van der Waals surface area contributed by atoms with E-state index >= 15 is 0 Å². The summed E-state index contributed by atoms with van der Waals surface area (Å²) in [5, 5.41) is 5.86. The van der Waals surface area contributed by atoms with Gasteiger partial charge in [-0.05, 0) is 31.2 Å². The monoisotopic (exact) mass is 304 g/mol. The number of likely N-dealkylation sites (N-methyl/N-ethyl adjacent to an activating group) is 1. The summed E-state index contributed by atoms with van der Waals surface area (Å²) >= 11 is 0. The second-order valence-electron chi connectivity index (χ2n) is 6.09. The molecule has 0 spiro atoms. The number of hydrogen-bond acceptors (Lipinski definition) is 2. The van der Waals surface area contributed by atoms with Gasteiger partial charge >= 0.3 is 0 Å². The van der Waals surface area contributed by atoms with Gasteiger partial charge in [0.1, 0.15) is 0 Å². The van der Waals surface area contributed by atoms with Crippen LogP contribution in [0.15, 0.2) is 30.3 Å². The molecule has 1 aliphatic rings. The van der Waals surface area contributed by atoms with Crippen LogP contribution in [0.5, 0.6) is 0 Å². The highest BCUT2D eigenvalue weighted by Crippen LogP contribution is 2.17. The van der Waals surface area contributed by atoms with E-state index in [2.05, 4.69) is 22.8 Å². The lowest BCUT2D eigenvalue weighted by molar-refractivity contribution is -0.862. The molecule has 1 atom stereocenters. The van der Waals surface area contributed by atoms with Gasteiger partial charge in [-0.3, -0.25) is 9.59 Å². The van der Waals surface area contributed by atoms with Gasteiger partial charge in [0.2, 0.25) is 0 Å². The van der Waals surface area contributed by atoms with Crippen molar-refractivity contribution in [1.82, 2.24) is 10.6 Å². The Morgan fingerprint density at radius 2 is 1.82 bits per heavy atom. The van der Waals surface area contributed by atoms with Gasteiger partial charge in [0.15, 0.2) is 13.1 Å². The van der Waals surface area contributed by atoms with Crippen molar-refractivity contribution in [3.05, 3.63) is 35.9 Å². The van der Waals surface area contributed by atoms with Gasteiger partial charge in [0, 0.05) is 12.6 Å². The lowest BCUT2D eigenvalue weighted by atomic mass is 10.1. The molecule has 1 aromatic rings. The third-order valence-electron chi connectivity index (χ3n) is 3.67. The minimum Gasteiger partial charge on any atom is -0.351 e. The van der Waals surface area contributed by atoms with Gasteiger partial charge in [-0.2, -0.15) is 0 Å². The zero-order valence-corrected chi connectivity index (χ0v) is 13.2. The first kappa shape index (κ1) is 16.5. The molecular weight excluding hydrogens is 278 g/mol. The highest BCUT2D eigenvalue weighted by Gasteiger charge is 2.24. The summed E-state index contributed by atoms with van der Waals surface area (Å²) < 4.78 is 0. The minimum absolute atomic E-state index is 0.00443. The van der Waals surface area contributed by atoms with Gasteiger partial charge < -0.3 is 15.5 Å². The molecule has 0 radical (unpaired) electrons. The molecule has 0 saturated heterocycles. The van der Waals surface area contributed by atoms with E-state index in [0.717, 1.165) is 30.6 Å². The van der Waals surface area contributed by atoms with Gasteiger partial charge in [-0.15, -0.1) is 0 Å². The molecule has 0 bridgehead atoms. The molecule has 1 fully saturated rings. The molecule has 22 heavy (non-hydrogen) atoms. The van der Waals surface area contributed by atoms with E-state index in [1.165, 1.54) is 5.56 Å². The summed E-state index contributed by atoms with van der Waals surface area (Å²) in [5.41, 5.74) is 1.29. The molecular formula is C17H26N3O2+. The van der Waals surface area contributed by atoms with Gasteiger partial charge in [-0.1, -0.05) is 30.3 Å². The smallest absolute Gasteiger partial charge is 0.275 e. The maximum Gasteiger partial charge on any atom is 0.275 e. The standard InChI is InChI=1S/C17H25N3O2/c1-20(13-17(22)19-15-9-10-15)12-16(21)18-11-5-8-14-6-3-2-4-7-14/h2-4,6-7,15H,5,8-13H2,1H3,(H,18,21)(H,19,22)/p+1. The maximum atomic E-state index is 11.8. The Balaban J connectivity index is 1.53. The highest BCUT2D eigenvalue weighted by atomic mass is 16.2. The number of carbonyl (C=O) groups excluding carboxylic acids is 2. The SMILES string of the molecule is C[NH+](CC(=O)NCCCc1ccccc1)CC(=O)NC1CC1. The van der Waals surface area contributed by atoms with E-state index in [4.69, 9.17) is 0 Å². The average Bonchev–Trinajstić information content (AvgIpc) is 3.28. The number of quaternary nitrogens is 1. The average molecular weight is 304 g/mol. The number of aryl methyl sites for hydroxylation is 1. The van der Waals surface area contributed by atoms with E-state index in [1.54, 1.807) is 0 Å². The largest absolute Gasteiger partial charge is 0.351 e. The third kappa shape index (κ3) is 6.72. The molecule has 120 valence electrons.